The lowest BCUT2D eigenvalue weighted by Crippen LogP contribution is -2.20. The van der Waals surface area contributed by atoms with Crippen LogP contribution in [0.5, 0.6) is 5.75 Å². The molecule has 1 aromatic carbocycles. The van der Waals surface area contributed by atoms with Crippen LogP contribution in [0.25, 0.3) is 0 Å². The van der Waals surface area contributed by atoms with Crippen molar-refractivity contribution in [1.82, 2.24) is 14.7 Å². The summed E-state index contributed by atoms with van der Waals surface area (Å²) < 4.78 is 7.73. The van der Waals surface area contributed by atoms with Gasteiger partial charge in [0.25, 0.3) is 0 Å². The average molecular weight is 294 g/mol. The monoisotopic (exact) mass is 293 g/mol. The molecule has 5 heteroatoms. The number of likely N-dealkylation sites (N-methyl/N-ethyl adjacent to an activating group) is 1. The van der Waals surface area contributed by atoms with Gasteiger partial charge >= 0.3 is 0 Å². The molecule has 0 fully saturated rings. The minimum Gasteiger partial charge on any atom is -0.490 e. The molecule has 0 spiro atoms. The predicted molar refractivity (Wildman–Crippen MR) is 81.5 cm³/mol. The summed E-state index contributed by atoms with van der Waals surface area (Å²) in [5.74, 6) is 0.775. The number of para-hydroxylation sites is 1. The SMILES string of the molecule is CN(C)CCOc1c(Cl)cccc1Cc1ccnn1C. The Morgan fingerprint density at radius 1 is 1.30 bits per heavy atom. The van der Waals surface area contributed by atoms with E-state index in [0.29, 0.717) is 11.6 Å². The van der Waals surface area contributed by atoms with Crippen LogP contribution >= 0.6 is 11.6 Å². The third-order valence-electron chi connectivity index (χ3n) is 3.13. The van der Waals surface area contributed by atoms with Gasteiger partial charge < -0.3 is 9.64 Å². The molecular weight excluding hydrogens is 274 g/mol. The molecule has 0 atom stereocenters. The first kappa shape index (κ1) is 14.9. The van der Waals surface area contributed by atoms with Crippen molar-refractivity contribution in [2.24, 2.45) is 7.05 Å². The molecule has 0 N–H and O–H groups in total. The molecule has 2 rings (SSSR count). The molecule has 0 aliphatic heterocycles. The molecule has 0 saturated carbocycles. The van der Waals surface area contributed by atoms with Crippen molar-refractivity contribution in [2.75, 3.05) is 27.2 Å². The van der Waals surface area contributed by atoms with Gasteiger partial charge in [0.15, 0.2) is 0 Å². The Kier molecular flexibility index (Phi) is 5.04. The van der Waals surface area contributed by atoms with Crippen molar-refractivity contribution in [3.05, 3.63) is 46.7 Å². The average Bonchev–Trinajstić information content (AvgIpc) is 2.78. The maximum atomic E-state index is 6.26. The third kappa shape index (κ3) is 3.74. The molecule has 108 valence electrons. The van der Waals surface area contributed by atoms with Crippen LogP contribution < -0.4 is 4.74 Å². The van der Waals surface area contributed by atoms with Gasteiger partial charge in [0.2, 0.25) is 0 Å². The number of rotatable bonds is 6. The van der Waals surface area contributed by atoms with Crippen molar-refractivity contribution in [3.63, 3.8) is 0 Å². The van der Waals surface area contributed by atoms with E-state index in [2.05, 4.69) is 10.00 Å². The molecule has 0 saturated heterocycles. The molecule has 2 aromatic rings. The first-order chi connectivity index (χ1) is 9.58. The van der Waals surface area contributed by atoms with Crippen molar-refractivity contribution >= 4 is 11.6 Å². The Bertz CT molecular complexity index is 566. The number of ether oxygens (including phenoxy) is 1. The number of hydrogen-bond donors (Lipinski definition) is 0. The zero-order valence-corrected chi connectivity index (χ0v) is 12.9. The lowest BCUT2D eigenvalue weighted by atomic mass is 10.1. The van der Waals surface area contributed by atoms with Crippen LogP contribution in [-0.2, 0) is 13.5 Å². The fourth-order valence-corrected chi connectivity index (χ4v) is 2.20. The van der Waals surface area contributed by atoms with Crippen LogP contribution in [0.1, 0.15) is 11.3 Å². The summed E-state index contributed by atoms with van der Waals surface area (Å²) in [6.07, 6.45) is 2.56. The third-order valence-corrected chi connectivity index (χ3v) is 3.43. The first-order valence-electron chi connectivity index (χ1n) is 6.59. The Morgan fingerprint density at radius 2 is 2.10 bits per heavy atom. The van der Waals surface area contributed by atoms with E-state index < -0.39 is 0 Å². The maximum absolute atomic E-state index is 6.26. The summed E-state index contributed by atoms with van der Waals surface area (Å²) in [5.41, 5.74) is 2.21. The zero-order valence-electron chi connectivity index (χ0n) is 12.1. The van der Waals surface area contributed by atoms with Gasteiger partial charge in [0.05, 0.1) is 5.02 Å². The second-order valence-electron chi connectivity index (χ2n) is 5.00. The normalized spacial score (nSPS) is 11.1. The summed E-state index contributed by atoms with van der Waals surface area (Å²) in [7, 11) is 5.98. The van der Waals surface area contributed by atoms with Gasteiger partial charge in [-0.15, -0.1) is 0 Å². The van der Waals surface area contributed by atoms with Gasteiger partial charge in [-0.05, 0) is 26.2 Å². The summed E-state index contributed by atoms with van der Waals surface area (Å²) in [4.78, 5) is 2.08. The molecule has 0 amide bonds. The van der Waals surface area contributed by atoms with E-state index in [0.717, 1.165) is 30.0 Å². The Labute approximate surface area is 124 Å². The molecule has 1 heterocycles. The van der Waals surface area contributed by atoms with E-state index in [1.165, 1.54) is 0 Å². The second-order valence-corrected chi connectivity index (χ2v) is 5.41. The lowest BCUT2D eigenvalue weighted by Gasteiger charge is -2.15. The highest BCUT2D eigenvalue weighted by molar-refractivity contribution is 6.32. The van der Waals surface area contributed by atoms with Gasteiger partial charge in [-0.1, -0.05) is 23.7 Å². The van der Waals surface area contributed by atoms with Crippen LogP contribution in [0.4, 0.5) is 0 Å². The van der Waals surface area contributed by atoms with Gasteiger partial charge in [-0.2, -0.15) is 5.10 Å². The quantitative estimate of drug-likeness (QED) is 0.820. The topological polar surface area (TPSA) is 30.3 Å². The van der Waals surface area contributed by atoms with Crippen molar-refractivity contribution < 1.29 is 4.74 Å². The summed E-state index contributed by atoms with van der Waals surface area (Å²) in [5, 5.41) is 4.84. The molecule has 0 unspecified atom stereocenters. The Hall–Kier alpha value is -1.52. The lowest BCUT2D eigenvalue weighted by molar-refractivity contribution is 0.260. The van der Waals surface area contributed by atoms with E-state index >= 15 is 0 Å². The number of nitrogens with zero attached hydrogens (tertiary/aromatic N) is 3. The molecule has 0 aliphatic carbocycles. The molecule has 0 aliphatic rings. The minimum absolute atomic E-state index is 0.620. The maximum Gasteiger partial charge on any atom is 0.141 e. The highest BCUT2D eigenvalue weighted by Gasteiger charge is 2.11. The molecule has 20 heavy (non-hydrogen) atoms. The number of benzene rings is 1. The van der Waals surface area contributed by atoms with E-state index in [4.69, 9.17) is 16.3 Å². The summed E-state index contributed by atoms with van der Waals surface area (Å²) in [6, 6.07) is 7.86. The molecule has 4 nitrogen and oxygen atoms in total. The van der Waals surface area contributed by atoms with E-state index in [9.17, 15) is 0 Å². The highest BCUT2D eigenvalue weighted by atomic mass is 35.5. The van der Waals surface area contributed by atoms with Crippen LogP contribution in [-0.4, -0.2) is 41.9 Å². The smallest absolute Gasteiger partial charge is 0.141 e. The number of aromatic nitrogens is 2. The van der Waals surface area contributed by atoms with E-state index in [1.807, 2.05) is 50.1 Å². The second kappa shape index (κ2) is 6.77. The van der Waals surface area contributed by atoms with Crippen LogP contribution in [0.2, 0.25) is 5.02 Å². The fourth-order valence-electron chi connectivity index (χ4n) is 1.95. The van der Waals surface area contributed by atoms with Crippen molar-refractivity contribution in [3.8, 4) is 5.75 Å². The predicted octanol–water partition coefficient (Wildman–Crippen LogP) is 2.60. The summed E-state index contributed by atoms with van der Waals surface area (Å²) >= 11 is 6.26. The van der Waals surface area contributed by atoms with Crippen LogP contribution in [0, 0.1) is 0 Å². The van der Waals surface area contributed by atoms with E-state index in [-0.39, 0.29) is 0 Å². The number of halogens is 1. The van der Waals surface area contributed by atoms with Crippen molar-refractivity contribution in [1.29, 1.82) is 0 Å². The Balaban J connectivity index is 2.15. The van der Waals surface area contributed by atoms with Crippen LogP contribution in [0.3, 0.4) is 0 Å². The number of hydrogen-bond acceptors (Lipinski definition) is 3. The highest BCUT2D eigenvalue weighted by Crippen LogP contribution is 2.30. The summed E-state index contributed by atoms with van der Waals surface area (Å²) in [6.45, 7) is 1.48. The van der Waals surface area contributed by atoms with Crippen molar-refractivity contribution in [2.45, 2.75) is 6.42 Å². The van der Waals surface area contributed by atoms with Crippen LogP contribution in [0.15, 0.2) is 30.5 Å². The molecule has 1 aromatic heterocycles. The largest absolute Gasteiger partial charge is 0.490 e. The molecule has 0 radical (unpaired) electrons. The van der Waals surface area contributed by atoms with Gasteiger partial charge in [-0.3, -0.25) is 4.68 Å². The van der Waals surface area contributed by atoms with Gasteiger partial charge in [-0.25, -0.2) is 0 Å². The molecular formula is C15H20ClN3O. The fraction of sp³-hybridized carbons (Fsp3) is 0.400. The number of aryl methyl sites for hydroxylation is 1. The Morgan fingerprint density at radius 3 is 2.75 bits per heavy atom. The zero-order chi connectivity index (χ0) is 14.5. The van der Waals surface area contributed by atoms with Gasteiger partial charge in [0.1, 0.15) is 12.4 Å². The first-order valence-corrected chi connectivity index (χ1v) is 6.97. The van der Waals surface area contributed by atoms with E-state index in [1.54, 1.807) is 6.20 Å². The standard InChI is InChI=1S/C15H20ClN3O/c1-18(2)9-10-20-15-12(5-4-6-14(15)16)11-13-7-8-17-19(13)3/h4-8H,9-11H2,1-3H3. The molecule has 0 bridgehead atoms. The van der Waals surface area contributed by atoms with Gasteiger partial charge in [0, 0.05) is 37.5 Å². The minimum atomic E-state index is 0.620.